The van der Waals surface area contributed by atoms with Crippen LogP contribution in [0.15, 0.2) is 52.9 Å². The highest BCUT2D eigenvalue weighted by Crippen LogP contribution is 2.22. The highest BCUT2D eigenvalue weighted by molar-refractivity contribution is 5.89. The quantitative estimate of drug-likeness (QED) is 0.670. The number of aryl methyl sites for hydroxylation is 1. The third-order valence-corrected chi connectivity index (χ3v) is 3.41. The molecule has 0 atom stereocenters. The van der Waals surface area contributed by atoms with Crippen LogP contribution >= 0.6 is 0 Å². The summed E-state index contributed by atoms with van der Waals surface area (Å²) >= 11 is 0. The number of carbonyl (C=O) groups excluding carboxylic acids is 1. The maximum Gasteiger partial charge on any atom is 0.338 e. The lowest BCUT2D eigenvalue weighted by atomic mass is 10.2. The zero-order valence-corrected chi connectivity index (χ0v) is 12.8. The molecule has 122 valence electrons. The van der Waals surface area contributed by atoms with Gasteiger partial charge in [0, 0.05) is 5.56 Å². The molecule has 0 aliphatic carbocycles. The van der Waals surface area contributed by atoms with Gasteiger partial charge in [0.2, 0.25) is 5.89 Å². The zero-order chi connectivity index (χ0) is 17.1. The lowest BCUT2D eigenvalue weighted by Gasteiger charge is -2.03. The fourth-order valence-corrected chi connectivity index (χ4v) is 2.11. The van der Waals surface area contributed by atoms with Gasteiger partial charge in [0.25, 0.3) is 0 Å². The van der Waals surface area contributed by atoms with Gasteiger partial charge in [0.1, 0.15) is 18.1 Å². The minimum atomic E-state index is -1.10. The summed E-state index contributed by atoms with van der Waals surface area (Å²) in [7, 11) is 0. The molecule has 0 amide bonds. The normalized spacial score (nSPS) is 10.6. The number of nitrogens with zero attached hydrogens (tertiary/aromatic N) is 1. The van der Waals surface area contributed by atoms with Gasteiger partial charge in [-0.3, -0.25) is 0 Å². The fourth-order valence-electron chi connectivity index (χ4n) is 2.11. The summed E-state index contributed by atoms with van der Waals surface area (Å²) in [5.41, 5.74) is 1.20. The van der Waals surface area contributed by atoms with E-state index in [1.807, 2.05) is 30.3 Å². The summed E-state index contributed by atoms with van der Waals surface area (Å²) < 4.78 is 36.7. The van der Waals surface area contributed by atoms with Gasteiger partial charge in [-0.25, -0.2) is 18.6 Å². The summed E-state index contributed by atoms with van der Waals surface area (Å²) in [6.07, 6.45) is 0. The Bertz CT molecular complexity index is 875. The van der Waals surface area contributed by atoms with Crippen LogP contribution in [0.2, 0.25) is 0 Å². The van der Waals surface area contributed by atoms with E-state index in [4.69, 9.17) is 9.15 Å². The Morgan fingerprint density at radius 2 is 1.88 bits per heavy atom. The average molecular weight is 329 g/mol. The molecule has 0 unspecified atom stereocenters. The first-order chi connectivity index (χ1) is 11.5. The predicted molar refractivity (Wildman–Crippen MR) is 82.2 cm³/mol. The molecule has 4 nitrogen and oxygen atoms in total. The molecule has 6 heteroatoms. The van der Waals surface area contributed by atoms with Crippen molar-refractivity contribution in [2.45, 2.75) is 13.5 Å². The number of carbonyl (C=O) groups is 1. The van der Waals surface area contributed by atoms with Crippen molar-refractivity contribution in [3.63, 3.8) is 0 Å². The molecule has 0 saturated heterocycles. The average Bonchev–Trinajstić information content (AvgIpc) is 2.97. The Morgan fingerprint density at radius 1 is 1.12 bits per heavy atom. The number of hydrogen-bond donors (Lipinski definition) is 0. The van der Waals surface area contributed by atoms with Crippen molar-refractivity contribution < 1.29 is 22.7 Å². The number of halogens is 2. The van der Waals surface area contributed by atoms with Gasteiger partial charge < -0.3 is 9.15 Å². The second-order valence-corrected chi connectivity index (χ2v) is 5.09. The van der Waals surface area contributed by atoms with Gasteiger partial charge in [-0.1, -0.05) is 18.2 Å². The van der Waals surface area contributed by atoms with Crippen molar-refractivity contribution >= 4 is 5.97 Å². The van der Waals surface area contributed by atoms with Crippen LogP contribution in [-0.2, 0) is 11.3 Å². The number of hydrogen-bond acceptors (Lipinski definition) is 4. The molecule has 24 heavy (non-hydrogen) atoms. The van der Waals surface area contributed by atoms with Crippen molar-refractivity contribution in [2.24, 2.45) is 0 Å². The maximum absolute atomic E-state index is 13.1. The SMILES string of the molecule is Cc1oc(-c2ccccc2)nc1COC(=O)c1ccc(F)c(F)c1. The van der Waals surface area contributed by atoms with E-state index in [0.29, 0.717) is 17.3 Å². The third kappa shape index (κ3) is 3.32. The van der Waals surface area contributed by atoms with Gasteiger partial charge in [-0.15, -0.1) is 0 Å². The van der Waals surface area contributed by atoms with E-state index < -0.39 is 17.6 Å². The molecule has 0 saturated carbocycles. The van der Waals surface area contributed by atoms with E-state index in [1.165, 1.54) is 0 Å². The van der Waals surface area contributed by atoms with Crippen molar-refractivity contribution in [3.05, 3.63) is 77.2 Å². The lowest BCUT2D eigenvalue weighted by molar-refractivity contribution is 0.0466. The van der Waals surface area contributed by atoms with Crippen LogP contribution < -0.4 is 0 Å². The molecular formula is C18H13F2NO3. The van der Waals surface area contributed by atoms with Gasteiger partial charge in [-0.2, -0.15) is 0 Å². The first-order valence-corrected chi connectivity index (χ1v) is 7.18. The number of esters is 1. The molecule has 0 N–H and O–H groups in total. The minimum Gasteiger partial charge on any atom is -0.455 e. The summed E-state index contributed by atoms with van der Waals surface area (Å²) in [6, 6.07) is 12.1. The fraction of sp³-hybridized carbons (Fsp3) is 0.111. The molecule has 3 rings (SSSR count). The topological polar surface area (TPSA) is 52.3 Å². The van der Waals surface area contributed by atoms with Gasteiger partial charge in [0.05, 0.1) is 5.56 Å². The van der Waals surface area contributed by atoms with Crippen LogP contribution in [0.3, 0.4) is 0 Å². The van der Waals surface area contributed by atoms with Crippen LogP contribution in [0.1, 0.15) is 21.8 Å². The van der Waals surface area contributed by atoms with E-state index in [0.717, 1.165) is 23.8 Å². The summed E-state index contributed by atoms with van der Waals surface area (Å²) in [5.74, 6) is -1.95. The van der Waals surface area contributed by atoms with Crippen molar-refractivity contribution in [1.29, 1.82) is 0 Å². The highest BCUT2D eigenvalue weighted by Gasteiger charge is 2.15. The van der Waals surface area contributed by atoms with Crippen LogP contribution in [-0.4, -0.2) is 11.0 Å². The molecule has 1 aromatic heterocycles. The largest absolute Gasteiger partial charge is 0.455 e. The Labute approximate surface area is 136 Å². The Kier molecular flexibility index (Phi) is 4.37. The third-order valence-electron chi connectivity index (χ3n) is 3.41. The molecule has 0 aliphatic rings. The summed E-state index contributed by atoms with van der Waals surface area (Å²) in [5, 5.41) is 0. The summed E-state index contributed by atoms with van der Waals surface area (Å²) in [4.78, 5) is 16.2. The number of ether oxygens (including phenoxy) is 1. The van der Waals surface area contributed by atoms with Gasteiger partial charge in [0.15, 0.2) is 11.6 Å². The molecule has 0 spiro atoms. The van der Waals surface area contributed by atoms with E-state index in [-0.39, 0.29) is 12.2 Å². The summed E-state index contributed by atoms with van der Waals surface area (Å²) in [6.45, 7) is 1.58. The molecular weight excluding hydrogens is 316 g/mol. The second-order valence-electron chi connectivity index (χ2n) is 5.09. The van der Waals surface area contributed by atoms with E-state index in [2.05, 4.69) is 4.98 Å². The van der Waals surface area contributed by atoms with Crippen LogP contribution in [0.25, 0.3) is 11.5 Å². The van der Waals surface area contributed by atoms with E-state index in [9.17, 15) is 13.6 Å². The van der Waals surface area contributed by atoms with Crippen LogP contribution in [0, 0.1) is 18.6 Å². The highest BCUT2D eigenvalue weighted by atomic mass is 19.2. The zero-order valence-electron chi connectivity index (χ0n) is 12.8. The Morgan fingerprint density at radius 3 is 2.58 bits per heavy atom. The molecule has 0 radical (unpaired) electrons. The number of oxazole rings is 1. The number of benzene rings is 2. The molecule has 0 aliphatic heterocycles. The first-order valence-electron chi connectivity index (χ1n) is 7.18. The minimum absolute atomic E-state index is 0.0710. The molecule has 0 bridgehead atoms. The second kappa shape index (κ2) is 6.62. The number of rotatable bonds is 4. The van der Waals surface area contributed by atoms with Gasteiger partial charge in [-0.05, 0) is 37.3 Å². The molecule has 2 aromatic carbocycles. The molecule has 3 aromatic rings. The first kappa shape index (κ1) is 15.9. The molecule has 1 heterocycles. The standard InChI is InChI=1S/C18H13F2NO3/c1-11-16(21-17(24-11)12-5-3-2-4-6-12)10-23-18(22)13-7-8-14(19)15(20)9-13/h2-9H,10H2,1H3. The molecule has 0 fully saturated rings. The van der Waals surface area contributed by atoms with E-state index in [1.54, 1.807) is 6.92 Å². The van der Waals surface area contributed by atoms with Crippen molar-refractivity contribution in [3.8, 4) is 11.5 Å². The van der Waals surface area contributed by atoms with Crippen molar-refractivity contribution in [1.82, 2.24) is 4.98 Å². The Hall–Kier alpha value is -3.02. The van der Waals surface area contributed by atoms with Gasteiger partial charge >= 0.3 is 5.97 Å². The Balaban J connectivity index is 1.71. The number of aromatic nitrogens is 1. The lowest BCUT2D eigenvalue weighted by Crippen LogP contribution is -2.07. The monoisotopic (exact) mass is 329 g/mol. The smallest absolute Gasteiger partial charge is 0.338 e. The predicted octanol–water partition coefficient (Wildman–Crippen LogP) is 4.29. The van der Waals surface area contributed by atoms with Crippen LogP contribution in [0.4, 0.5) is 8.78 Å². The van der Waals surface area contributed by atoms with E-state index >= 15 is 0 Å². The van der Waals surface area contributed by atoms with Crippen LogP contribution in [0.5, 0.6) is 0 Å². The maximum atomic E-state index is 13.1. The van der Waals surface area contributed by atoms with Crippen molar-refractivity contribution in [2.75, 3.05) is 0 Å².